The van der Waals surface area contributed by atoms with Crippen molar-refractivity contribution >= 4 is 23.4 Å². The number of terminal acetylenes is 1. The monoisotopic (exact) mass is 316 g/mol. The third-order valence-electron chi connectivity index (χ3n) is 3.55. The molecule has 0 aromatic heterocycles. The smallest absolute Gasteiger partial charge is 0.280 e. The summed E-state index contributed by atoms with van der Waals surface area (Å²) in [5.41, 5.74) is 2.85. The van der Waals surface area contributed by atoms with Crippen molar-refractivity contribution in [3.05, 3.63) is 65.7 Å². The van der Waals surface area contributed by atoms with Crippen LogP contribution in [0.3, 0.4) is 0 Å². The Morgan fingerprint density at radius 2 is 2.00 bits per heavy atom. The first-order valence-corrected chi connectivity index (χ1v) is 7.52. The SMILES string of the molecule is C#CCOc1cccc(/C=C2\C(=O)N(c3ccccc3)N=C2C)c1. The van der Waals surface area contributed by atoms with Crippen molar-refractivity contribution in [3.63, 3.8) is 0 Å². The number of nitrogens with zero attached hydrogens (tertiary/aromatic N) is 2. The molecule has 0 unspecified atom stereocenters. The summed E-state index contributed by atoms with van der Waals surface area (Å²) in [6.45, 7) is 2.03. The van der Waals surface area contributed by atoms with E-state index in [0.29, 0.717) is 17.0 Å². The van der Waals surface area contributed by atoms with Crippen LogP contribution in [0, 0.1) is 12.3 Å². The van der Waals surface area contributed by atoms with Crippen molar-refractivity contribution in [2.45, 2.75) is 6.92 Å². The van der Waals surface area contributed by atoms with Gasteiger partial charge in [0, 0.05) is 0 Å². The second-order valence-electron chi connectivity index (χ2n) is 5.26. The lowest BCUT2D eigenvalue weighted by Crippen LogP contribution is -2.21. The summed E-state index contributed by atoms with van der Waals surface area (Å²) < 4.78 is 5.41. The molecule has 0 spiro atoms. The second-order valence-corrected chi connectivity index (χ2v) is 5.26. The molecule has 3 rings (SSSR count). The first-order chi connectivity index (χ1) is 11.7. The third-order valence-corrected chi connectivity index (χ3v) is 3.55. The lowest BCUT2D eigenvalue weighted by Gasteiger charge is -2.11. The number of para-hydroxylation sites is 1. The quantitative estimate of drug-likeness (QED) is 0.640. The van der Waals surface area contributed by atoms with Crippen LogP contribution in [0.1, 0.15) is 12.5 Å². The zero-order valence-electron chi connectivity index (χ0n) is 13.3. The van der Waals surface area contributed by atoms with Gasteiger partial charge in [-0.15, -0.1) is 6.42 Å². The van der Waals surface area contributed by atoms with Gasteiger partial charge in [0.15, 0.2) is 0 Å². The lowest BCUT2D eigenvalue weighted by molar-refractivity contribution is -0.114. The Kier molecular flexibility index (Phi) is 4.44. The van der Waals surface area contributed by atoms with E-state index in [4.69, 9.17) is 11.2 Å². The zero-order valence-corrected chi connectivity index (χ0v) is 13.3. The molecule has 0 bridgehead atoms. The van der Waals surface area contributed by atoms with E-state index in [0.717, 1.165) is 11.3 Å². The maximum absolute atomic E-state index is 12.7. The number of carbonyl (C=O) groups excluding carboxylic acids is 1. The number of benzene rings is 2. The predicted molar refractivity (Wildman–Crippen MR) is 95.8 cm³/mol. The van der Waals surface area contributed by atoms with Gasteiger partial charge < -0.3 is 4.74 Å². The summed E-state index contributed by atoms with van der Waals surface area (Å²) in [6, 6.07) is 16.8. The summed E-state index contributed by atoms with van der Waals surface area (Å²) in [6.07, 6.45) is 7.01. The fraction of sp³-hybridized carbons (Fsp3) is 0.100. The van der Waals surface area contributed by atoms with Gasteiger partial charge in [0.25, 0.3) is 5.91 Å². The minimum atomic E-state index is -0.145. The van der Waals surface area contributed by atoms with E-state index in [9.17, 15) is 4.79 Å². The van der Waals surface area contributed by atoms with Crippen LogP contribution in [0.4, 0.5) is 5.69 Å². The van der Waals surface area contributed by atoms with E-state index in [1.165, 1.54) is 5.01 Å². The molecule has 0 saturated carbocycles. The number of rotatable bonds is 4. The van der Waals surface area contributed by atoms with Gasteiger partial charge in [0.2, 0.25) is 0 Å². The van der Waals surface area contributed by atoms with Gasteiger partial charge in [0.1, 0.15) is 12.4 Å². The van der Waals surface area contributed by atoms with Crippen LogP contribution in [0.15, 0.2) is 65.3 Å². The highest BCUT2D eigenvalue weighted by Gasteiger charge is 2.28. The van der Waals surface area contributed by atoms with Gasteiger partial charge in [-0.2, -0.15) is 10.1 Å². The molecule has 0 atom stereocenters. The highest BCUT2D eigenvalue weighted by atomic mass is 16.5. The van der Waals surface area contributed by atoms with E-state index < -0.39 is 0 Å². The van der Waals surface area contributed by atoms with Crippen LogP contribution in [0.2, 0.25) is 0 Å². The maximum Gasteiger partial charge on any atom is 0.280 e. The predicted octanol–water partition coefficient (Wildman–Crippen LogP) is 3.50. The van der Waals surface area contributed by atoms with Crippen LogP contribution in [-0.4, -0.2) is 18.2 Å². The van der Waals surface area contributed by atoms with E-state index in [1.54, 1.807) is 0 Å². The van der Waals surface area contributed by atoms with Gasteiger partial charge >= 0.3 is 0 Å². The Labute approximate surface area is 141 Å². The summed E-state index contributed by atoms with van der Waals surface area (Å²) >= 11 is 0. The molecule has 4 heteroatoms. The highest BCUT2D eigenvalue weighted by Crippen LogP contribution is 2.25. The molecule has 0 radical (unpaired) electrons. The molecule has 1 aliphatic heterocycles. The van der Waals surface area contributed by atoms with Crippen molar-refractivity contribution in [2.75, 3.05) is 11.6 Å². The van der Waals surface area contributed by atoms with Gasteiger partial charge in [-0.1, -0.05) is 36.3 Å². The van der Waals surface area contributed by atoms with Gasteiger partial charge in [-0.05, 0) is 42.8 Å². The topological polar surface area (TPSA) is 41.9 Å². The molecule has 2 aromatic rings. The van der Waals surface area contributed by atoms with Crippen molar-refractivity contribution in [1.82, 2.24) is 0 Å². The lowest BCUT2D eigenvalue weighted by atomic mass is 10.1. The van der Waals surface area contributed by atoms with Gasteiger partial charge in [0.05, 0.1) is 17.0 Å². The van der Waals surface area contributed by atoms with Gasteiger partial charge in [-0.25, -0.2) is 0 Å². The number of amides is 1. The van der Waals surface area contributed by atoms with E-state index >= 15 is 0 Å². The average molecular weight is 316 g/mol. The molecule has 0 aliphatic carbocycles. The van der Waals surface area contributed by atoms with Crippen molar-refractivity contribution in [3.8, 4) is 18.1 Å². The number of carbonyl (C=O) groups is 1. The Balaban J connectivity index is 1.88. The Bertz CT molecular complexity index is 861. The minimum absolute atomic E-state index is 0.145. The Hall–Kier alpha value is -3.32. The highest BCUT2D eigenvalue weighted by molar-refractivity contribution is 6.32. The number of anilines is 1. The number of hydrogen-bond acceptors (Lipinski definition) is 3. The molecule has 118 valence electrons. The number of ether oxygens (including phenoxy) is 1. The van der Waals surface area contributed by atoms with Crippen LogP contribution >= 0.6 is 0 Å². The fourth-order valence-corrected chi connectivity index (χ4v) is 2.41. The Morgan fingerprint density at radius 1 is 1.21 bits per heavy atom. The minimum Gasteiger partial charge on any atom is -0.481 e. The fourth-order valence-electron chi connectivity index (χ4n) is 2.41. The van der Waals surface area contributed by atoms with Crippen LogP contribution in [-0.2, 0) is 4.79 Å². The molecule has 1 aliphatic rings. The van der Waals surface area contributed by atoms with Crippen molar-refractivity contribution in [2.24, 2.45) is 5.10 Å². The molecule has 2 aromatic carbocycles. The molecular formula is C20H16N2O2. The standard InChI is InChI=1S/C20H16N2O2/c1-3-12-24-18-11-7-8-16(13-18)14-19-15(2)21-22(20(19)23)17-9-5-4-6-10-17/h1,4-11,13-14H,12H2,2H3/b19-14-. The van der Waals surface area contributed by atoms with Crippen LogP contribution in [0.25, 0.3) is 6.08 Å². The number of hydrazone groups is 1. The summed E-state index contributed by atoms with van der Waals surface area (Å²) in [7, 11) is 0. The second kappa shape index (κ2) is 6.84. The molecule has 1 heterocycles. The molecule has 1 amide bonds. The van der Waals surface area contributed by atoms with E-state index in [2.05, 4.69) is 11.0 Å². The largest absolute Gasteiger partial charge is 0.481 e. The summed E-state index contributed by atoms with van der Waals surface area (Å²) in [4.78, 5) is 12.7. The van der Waals surface area contributed by atoms with E-state index in [1.807, 2.05) is 67.6 Å². The van der Waals surface area contributed by atoms with Crippen molar-refractivity contribution in [1.29, 1.82) is 0 Å². The van der Waals surface area contributed by atoms with Crippen molar-refractivity contribution < 1.29 is 9.53 Å². The molecule has 0 N–H and O–H groups in total. The molecule has 0 fully saturated rings. The maximum atomic E-state index is 12.7. The first kappa shape index (κ1) is 15.6. The molecule has 4 nitrogen and oxygen atoms in total. The van der Waals surface area contributed by atoms with Crippen LogP contribution in [0.5, 0.6) is 5.75 Å². The average Bonchev–Trinajstić information content (AvgIpc) is 2.89. The van der Waals surface area contributed by atoms with Crippen LogP contribution < -0.4 is 9.75 Å². The Morgan fingerprint density at radius 3 is 2.75 bits per heavy atom. The molecule has 24 heavy (non-hydrogen) atoms. The normalized spacial score (nSPS) is 15.3. The summed E-state index contributed by atoms with van der Waals surface area (Å²) in [5, 5.41) is 5.78. The zero-order chi connectivity index (χ0) is 16.9. The van der Waals surface area contributed by atoms with E-state index in [-0.39, 0.29) is 12.5 Å². The number of hydrogen-bond donors (Lipinski definition) is 0. The molecule has 0 saturated heterocycles. The molecular weight excluding hydrogens is 300 g/mol. The first-order valence-electron chi connectivity index (χ1n) is 7.52. The summed E-state index contributed by atoms with van der Waals surface area (Å²) in [5.74, 6) is 2.95. The third kappa shape index (κ3) is 3.21. The van der Waals surface area contributed by atoms with Gasteiger partial charge in [-0.3, -0.25) is 4.79 Å².